The molecular formula is C14H30O6S4. The first-order valence-corrected chi connectivity index (χ1v) is 12.5. The van der Waals surface area contributed by atoms with Gasteiger partial charge in [0.25, 0.3) is 10.1 Å². The van der Waals surface area contributed by atoms with Crippen LogP contribution < -0.4 is 0 Å². The third kappa shape index (κ3) is 16.3. The lowest BCUT2D eigenvalue weighted by Gasteiger charge is -2.23. The van der Waals surface area contributed by atoms with Gasteiger partial charge in [-0.3, -0.25) is 4.55 Å². The Morgan fingerprint density at radius 3 is 1.88 bits per heavy atom. The van der Waals surface area contributed by atoms with Gasteiger partial charge in [-0.25, -0.2) is 5.26 Å². The lowest BCUT2D eigenvalue weighted by atomic mass is 9.93. The van der Waals surface area contributed by atoms with Crippen molar-refractivity contribution in [3.63, 3.8) is 0 Å². The molecule has 0 heterocycles. The molecule has 0 aromatic rings. The minimum absolute atomic E-state index is 0.114. The van der Waals surface area contributed by atoms with Crippen LogP contribution in [0.15, 0.2) is 0 Å². The Balaban J connectivity index is 3.64. The third-order valence-corrected chi connectivity index (χ3v) is 7.75. The molecule has 24 heavy (non-hydrogen) atoms. The van der Waals surface area contributed by atoms with Crippen molar-refractivity contribution in [2.24, 2.45) is 10.8 Å². The summed E-state index contributed by atoms with van der Waals surface area (Å²) in [6, 6.07) is 0. The minimum atomic E-state index is -3.90. The number of rotatable bonds is 15. The molecule has 0 spiro atoms. The van der Waals surface area contributed by atoms with Crippen LogP contribution in [0, 0.1) is 10.8 Å². The van der Waals surface area contributed by atoms with Crippen LogP contribution in [0.5, 0.6) is 0 Å². The minimum Gasteiger partial charge on any atom is -0.286 e. The molecule has 0 saturated heterocycles. The first kappa shape index (κ1) is 24.8. The van der Waals surface area contributed by atoms with E-state index in [0.29, 0.717) is 0 Å². The third-order valence-electron chi connectivity index (χ3n) is 3.32. The summed E-state index contributed by atoms with van der Waals surface area (Å²) in [7, 11) is -3.90. The largest absolute Gasteiger partial charge is 0.286 e. The van der Waals surface area contributed by atoms with Crippen molar-refractivity contribution >= 4 is 45.7 Å². The molecule has 10 heteroatoms. The quantitative estimate of drug-likeness (QED) is 0.132. The second-order valence-corrected chi connectivity index (χ2v) is 11.7. The van der Waals surface area contributed by atoms with E-state index in [9.17, 15) is 8.42 Å². The van der Waals surface area contributed by atoms with Gasteiger partial charge in [-0.05, 0) is 35.2 Å². The van der Waals surface area contributed by atoms with Gasteiger partial charge in [0.2, 0.25) is 0 Å². The molecule has 0 amide bonds. The van der Waals surface area contributed by atoms with Crippen LogP contribution in [0.2, 0.25) is 0 Å². The van der Waals surface area contributed by atoms with Gasteiger partial charge in [-0.1, -0.05) is 32.7 Å². The second kappa shape index (κ2) is 12.3. The molecule has 0 saturated carbocycles. The molecule has 0 aromatic heterocycles. The van der Waals surface area contributed by atoms with E-state index >= 15 is 0 Å². The highest BCUT2D eigenvalue weighted by atomic mass is 32.2. The molecule has 6 nitrogen and oxygen atoms in total. The lowest BCUT2D eigenvalue weighted by Crippen LogP contribution is -2.24. The highest BCUT2D eigenvalue weighted by molar-refractivity contribution is 8.02. The molecule has 0 rings (SSSR count). The summed E-state index contributed by atoms with van der Waals surface area (Å²) in [6.07, 6.45) is 1.81. The van der Waals surface area contributed by atoms with Crippen molar-refractivity contribution in [2.75, 3.05) is 34.5 Å². The van der Waals surface area contributed by atoms with Crippen molar-refractivity contribution in [1.29, 1.82) is 0 Å². The van der Waals surface area contributed by atoms with Crippen LogP contribution in [0.1, 0.15) is 40.5 Å². The number of hydrogen-bond acceptors (Lipinski definition) is 8. The summed E-state index contributed by atoms with van der Waals surface area (Å²) < 4.78 is 35.2. The van der Waals surface area contributed by atoms with E-state index in [1.54, 1.807) is 0 Å². The summed E-state index contributed by atoms with van der Waals surface area (Å²) in [5.74, 6) is 4.59. The highest BCUT2D eigenvalue weighted by Gasteiger charge is 2.24. The van der Waals surface area contributed by atoms with E-state index in [-0.39, 0.29) is 11.2 Å². The Bertz CT molecular complexity index is 425. The summed E-state index contributed by atoms with van der Waals surface area (Å²) in [4.78, 5) is 0. The van der Waals surface area contributed by atoms with E-state index in [1.807, 2.05) is 37.4 Å². The fourth-order valence-electron chi connectivity index (χ4n) is 1.86. The molecule has 0 aliphatic rings. The van der Waals surface area contributed by atoms with Gasteiger partial charge < -0.3 is 0 Å². The van der Waals surface area contributed by atoms with Crippen molar-refractivity contribution in [3.05, 3.63) is 0 Å². The maximum atomic E-state index is 10.9. The number of hydrogen-bond donors (Lipinski definition) is 2. The van der Waals surface area contributed by atoms with E-state index in [1.165, 1.54) is 0 Å². The van der Waals surface area contributed by atoms with Crippen LogP contribution in [-0.2, 0) is 19.5 Å². The van der Waals surface area contributed by atoms with Crippen LogP contribution in [0.4, 0.5) is 0 Å². The maximum Gasteiger partial charge on any atom is 0.265 e. The van der Waals surface area contributed by atoms with E-state index in [4.69, 9.17) is 9.81 Å². The number of thioether (sulfide) groups is 2. The molecule has 0 radical (unpaired) electrons. The Kier molecular flexibility index (Phi) is 12.7. The standard InChI is InChI=1S/C14H30O6S4/c1-13(2,11-23-20-19-15)5-7-21-9-10-22-8-6-14(3,4)12-24(16,17)18/h15H,5-12H2,1-4H3,(H,16,17,18). The summed E-state index contributed by atoms with van der Waals surface area (Å²) in [5, 5.41) is 11.7. The molecular weight excluding hydrogens is 392 g/mol. The van der Waals surface area contributed by atoms with E-state index in [0.717, 1.165) is 53.6 Å². The van der Waals surface area contributed by atoms with Gasteiger partial charge in [0.05, 0.1) is 5.75 Å². The van der Waals surface area contributed by atoms with Crippen LogP contribution in [-0.4, -0.2) is 52.7 Å². The summed E-state index contributed by atoms with van der Waals surface area (Å²) in [5.41, 5.74) is -0.279. The van der Waals surface area contributed by atoms with Gasteiger partial charge in [0.1, 0.15) is 0 Å². The Morgan fingerprint density at radius 1 is 0.917 bits per heavy atom. The van der Waals surface area contributed by atoms with Crippen LogP contribution >= 0.6 is 35.6 Å². The predicted molar refractivity (Wildman–Crippen MR) is 105 cm³/mol. The molecule has 0 atom stereocenters. The molecule has 0 bridgehead atoms. The maximum absolute atomic E-state index is 10.9. The van der Waals surface area contributed by atoms with Crippen molar-refractivity contribution in [2.45, 2.75) is 40.5 Å². The van der Waals surface area contributed by atoms with E-state index in [2.05, 4.69) is 23.2 Å². The topological polar surface area (TPSA) is 93.1 Å². The fourth-order valence-corrected chi connectivity index (χ4v) is 6.29. The molecule has 146 valence electrons. The first-order chi connectivity index (χ1) is 11.0. The molecule has 0 fully saturated rings. The van der Waals surface area contributed by atoms with Crippen molar-refractivity contribution in [1.82, 2.24) is 0 Å². The van der Waals surface area contributed by atoms with Crippen LogP contribution in [0.25, 0.3) is 0 Å². The van der Waals surface area contributed by atoms with Crippen molar-refractivity contribution < 1.29 is 27.6 Å². The van der Waals surface area contributed by atoms with Gasteiger partial charge in [-0.15, -0.1) is 4.33 Å². The molecule has 0 aliphatic carbocycles. The highest BCUT2D eigenvalue weighted by Crippen LogP contribution is 2.28. The predicted octanol–water partition coefficient (Wildman–Crippen LogP) is 4.24. The molecule has 0 aliphatic heterocycles. The molecule has 2 N–H and O–H groups in total. The zero-order valence-electron chi connectivity index (χ0n) is 14.8. The average Bonchev–Trinajstić information content (AvgIpc) is 2.39. The smallest absolute Gasteiger partial charge is 0.265 e. The average molecular weight is 423 g/mol. The second-order valence-electron chi connectivity index (χ2n) is 7.18. The Hall–Kier alpha value is 0.840. The summed E-state index contributed by atoms with van der Waals surface area (Å²) >= 11 is 4.81. The molecule has 0 unspecified atom stereocenters. The van der Waals surface area contributed by atoms with Gasteiger partial charge in [0.15, 0.2) is 0 Å². The lowest BCUT2D eigenvalue weighted by molar-refractivity contribution is -0.432. The SMILES string of the molecule is CC(C)(CCSCCSCCC(C)(C)CS(=O)(=O)O)CSOOO. The zero-order chi connectivity index (χ0) is 18.7. The fraction of sp³-hybridized carbons (Fsp3) is 1.00. The van der Waals surface area contributed by atoms with Gasteiger partial charge >= 0.3 is 0 Å². The zero-order valence-corrected chi connectivity index (χ0v) is 18.1. The van der Waals surface area contributed by atoms with Crippen LogP contribution in [0.3, 0.4) is 0 Å². The normalized spacial score (nSPS) is 13.4. The van der Waals surface area contributed by atoms with E-state index < -0.39 is 15.5 Å². The first-order valence-electron chi connectivity index (χ1n) is 7.68. The van der Waals surface area contributed by atoms with Gasteiger partial charge in [0, 0.05) is 29.3 Å². The Labute approximate surface area is 159 Å². The molecule has 0 aromatic carbocycles. The summed E-state index contributed by atoms with van der Waals surface area (Å²) in [6.45, 7) is 8.02. The van der Waals surface area contributed by atoms with Crippen molar-refractivity contribution in [3.8, 4) is 0 Å². The Morgan fingerprint density at radius 2 is 1.42 bits per heavy atom. The monoisotopic (exact) mass is 422 g/mol. The van der Waals surface area contributed by atoms with Gasteiger partial charge in [-0.2, -0.15) is 31.9 Å².